The number of likely N-dealkylation sites (tertiary alicyclic amines) is 1. The largest absolute Gasteiger partial charge is 0.445 e. The van der Waals surface area contributed by atoms with Crippen molar-refractivity contribution in [3.8, 4) is 0 Å². The van der Waals surface area contributed by atoms with Gasteiger partial charge in [0, 0.05) is 26.2 Å². The first kappa shape index (κ1) is 19.2. The number of nitrogens with zero attached hydrogens (tertiary/aromatic N) is 2. The van der Waals surface area contributed by atoms with E-state index in [9.17, 15) is 13.2 Å². The monoisotopic (exact) mass is 379 g/mol. The summed E-state index contributed by atoms with van der Waals surface area (Å²) in [6, 6.07) is 9.55. The van der Waals surface area contributed by atoms with E-state index in [2.05, 4.69) is 6.42 Å². The van der Waals surface area contributed by atoms with Gasteiger partial charge in [-0.2, -0.15) is 0 Å². The van der Waals surface area contributed by atoms with E-state index in [1.54, 1.807) is 9.21 Å². The zero-order chi connectivity index (χ0) is 18.4. The van der Waals surface area contributed by atoms with Gasteiger partial charge in [0.15, 0.2) is 0 Å². The summed E-state index contributed by atoms with van der Waals surface area (Å²) in [6.45, 7) is 2.48. The average Bonchev–Trinajstić information content (AvgIpc) is 2.67. The van der Waals surface area contributed by atoms with Gasteiger partial charge in [-0.25, -0.2) is 17.5 Å². The molecule has 2 aliphatic rings. The van der Waals surface area contributed by atoms with Crippen LogP contribution < -0.4 is 0 Å². The molecular weight excluding hydrogens is 352 g/mol. The van der Waals surface area contributed by atoms with Crippen LogP contribution in [0.25, 0.3) is 0 Å². The lowest BCUT2D eigenvalue weighted by atomic mass is 10.0. The third kappa shape index (κ3) is 5.20. The van der Waals surface area contributed by atoms with Crippen molar-refractivity contribution in [2.45, 2.75) is 32.3 Å². The molecule has 2 aliphatic heterocycles. The minimum absolute atomic E-state index is 0.0241. The Bertz CT molecular complexity index is 687. The topological polar surface area (TPSA) is 66.9 Å². The van der Waals surface area contributed by atoms with Crippen LogP contribution in [0.15, 0.2) is 30.3 Å². The fourth-order valence-corrected chi connectivity index (χ4v) is 5.43. The standard InChI is InChI=1S/C19H27N2O4S/c22-19(25-15-17-8-3-1-4-9-17)20-11-7-10-18(14-20)16-26(23,24)21-12-5-2-6-13-21/h1-4,8-9,18H,5-7,10-16H2. The van der Waals surface area contributed by atoms with Crippen LogP contribution in [0.1, 0.15) is 31.2 Å². The Morgan fingerprint density at radius 2 is 1.85 bits per heavy atom. The van der Waals surface area contributed by atoms with Gasteiger partial charge in [0.05, 0.1) is 5.75 Å². The number of ether oxygens (including phenoxy) is 1. The van der Waals surface area contributed by atoms with Crippen molar-refractivity contribution in [2.24, 2.45) is 5.92 Å². The predicted molar refractivity (Wildman–Crippen MR) is 99.8 cm³/mol. The molecule has 6 nitrogen and oxygen atoms in total. The smallest absolute Gasteiger partial charge is 0.410 e. The number of sulfonamides is 1. The molecule has 2 fully saturated rings. The molecule has 0 N–H and O–H groups in total. The predicted octanol–water partition coefficient (Wildman–Crippen LogP) is 2.67. The molecule has 2 heterocycles. The first-order valence-corrected chi connectivity index (χ1v) is 10.9. The molecule has 143 valence electrons. The minimum Gasteiger partial charge on any atom is -0.445 e. The highest BCUT2D eigenvalue weighted by atomic mass is 32.2. The van der Waals surface area contributed by atoms with Crippen LogP contribution in [-0.4, -0.2) is 55.6 Å². The van der Waals surface area contributed by atoms with Gasteiger partial charge in [-0.1, -0.05) is 30.3 Å². The van der Waals surface area contributed by atoms with Crippen molar-refractivity contribution in [2.75, 3.05) is 31.9 Å². The Kier molecular flexibility index (Phi) is 6.53. The molecular formula is C19H27N2O4S. The van der Waals surface area contributed by atoms with Gasteiger partial charge in [-0.15, -0.1) is 0 Å². The molecule has 1 atom stereocenters. The molecule has 26 heavy (non-hydrogen) atoms. The summed E-state index contributed by atoms with van der Waals surface area (Å²) in [5.41, 5.74) is 0.943. The second-order valence-electron chi connectivity index (χ2n) is 7.04. The Morgan fingerprint density at radius 3 is 2.58 bits per heavy atom. The maximum absolute atomic E-state index is 12.6. The van der Waals surface area contributed by atoms with Crippen LogP contribution in [0.5, 0.6) is 0 Å². The number of carbonyl (C=O) groups is 1. The lowest BCUT2D eigenvalue weighted by Crippen LogP contribution is -2.45. The van der Waals surface area contributed by atoms with Gasteiger partial charge in [-0.05, 0) is 43.6 Å². The summed E-state index contributed by atoms with van der Waals surface area (Å²) in [5, 5.41) is 0. The molecule has 7 heteroatoms. The van der Waals surface area contributed by atoms with E-state index >= 15 is 0 Å². The Hall–Kier alpha value is -1.60. The molecule has 1 radical (unpaired) electrons. The number of hydrogen-bond acceptors (Lipinski definition) is 4. The summed E-state index contributed by atoms with van der Waals surface area (Å²) in [7, 11) is -3.25. The molecule has 0 aliphatic carbocycles. The van der Waals surface area contributed by atoms with Gasteiger partial charge in [0.25, 0.3) is 0 Å². The Balaban J connectivity index is 1.51. The molecule has 0 spiro atoms. The Morgan fingerprint density at radius 1 is 1.12 bits per heavy atom. The van der Waals surface area contributed by atoms with Crippen molar-refractivity contribution >= 4 is 16.1 Å². The number of rotatable bonds is 5. The van der Waals surface area contributed by atoms with Gasteiger partial charge < -0.3 is 9.64 Å². The fourth-order valence-electron chi connectivity index (χ4n) is 3.59. The van der Waals surface area contributed by atoms with E-state index in [1.165, 1.54) is 0 Å². The molecule has 1 unspecified atom stereocenters. The summed E-state index contributed by atoms with van der Waals surface area (Å²) in [4.78, 5) is 14.0. The van der Waals surface area contributed by atoms with E-state index in [1.807, 2.05) is 30.3 Å². The second kappa shape index (κ2) is 8.86. The van der Waals surface area contributed by atoms with Gasteiger partial charge in [0.1, 0.15) is 6.61 Å². The summed E-state index contributed by atoms with van der Waals surface area (Å²) >= 11 is 0. The van der Waals surface area contributed by atoms with E-state index < -0.39 is 10.0 Å². The van der Waals surface area contributed by atoms with Crippen molar-refractivity contribution in [1.82, 2.24) is 9.21 Å². The summed E-state index contributed by atoms with van der Waals surface area (Å²) in [5.74, 6) is 0.0964. The highest BCUT2D eigenvalue weighted by molar-refractivity contribution is 7.89. The molecule has 1 aromatic rings. The van der Waals surface area contributed by atoms with Crippen LogP contribution in [-0.2, 0) is 21.4 Å². The SMILES string of the molecule is O=C(OCc1ccccc1)N1CCCC(CS(=O)(=O)N2CC[CH]CC2)C1. The highest BCUT2D eigenvalue weighted by Gasteiger charge is 2.31. The maximum Gasteiger partial charge on any atom is 0.410 e. The van der Waals surface area contributed by atoms with Gasteiger partial charge in [0.2, 0.25) is 10.0 Å². The molecule has 1 aromatic carbocycles. The molecule has 1 amide bonds. The van der Waals surface area contributed by atoms with Crippen LogP contribution >= 0.6 is 0 Å². The third-order valence-corrected chi connectivity index (χ3v) is 7.03. The number of carbonyl (C=O) groups excluding carboxylic acids is 1. The maximum atomic E-state index is 12.6. The van der Waals surface area contributed by atoms with Crippen LogP contribution in [0, 0.1) is 12.3 Å². The number of piperidine rings is 2. The van der Waals surface area contributed by atoms with Crippen molar-refractivity contribution in [3.63, 3.8) is 0 Å². The molecule has 0 aromatic heterocycles. The normalized spacial score (nSPS) is 22.2. The number of amides is 1. The minimum atomic E-state index is -3.25. The number of hydrogen-bond donors (Lipinski definition) is 0. The second-order valence-corrected chi connectivity index (χ2v) is 9.05. The molecule has 3 rings (SSSR count). The quantitative estimate of drug-likeness (QED) is 0.789. The van der Waals surface area contributed by atoms with Crippen molar-refractivity contribution < 1.29 is 17.9 Å². The number of benzene rings is 1. The Labute approximate surface area is 156 Å². The lowest BCUT2D eigenvalue weighted by molar-refractivity contribution is 0.0811. The zero-order valence-electron chi connectivity index (χ0n) is 15.0. The molecule has 0 bridgehead atoms. The fraction of sp³-hybridized carbons (Fsp3) is 0.579. The lowest BCUT2D eigenvalue weighted by Gasteiger charge is -2.33. The average molecular weight is 380 g/mol. The van der Waals surface area contributed by atoms with E-state index in [-0.39, 0.29) is 24.4 Å². The summed E-state index contributed by atoms with van der Waals surface area (Å²) in [6.07, 6.45) is 5.07. The highest BCUT2D eigenvalue weighted by Crippen LogP contribution is 2.22. The van der Waals surface area contributed by atoms with E-state index in [0.29, 0.717) is 26.2 Å². The van der Waals surface area contributed by atoms with Crippen LogP contribution in [0.4, 0.5) is 4.79 Å². The third-order valence-electron chi connectivity index (χ3n) is 4.99. The van der Waals surface area contributed by atoms with Gasteiger partial charge in [-0.3, -0.25) is 0 Å². The zero-order valence-corrected chi connectivity index (χ0v) is 15.9. The van der Waals surface area contributed by atoms with Crippen molar-refractivity contribution in [3.05, 3.63) is 42.3 Å². The van der Waals surface area contributed by atoms with Crippen LogP contribution in [0.3, 0.4) is 0 Å². The van der Waals surface area contributed by atoms with Gasteiger partial charge >= 0.3 is 6.09 Å². The first-order chi connectivity index (χ1) is 12.5. The molecule has 0 saturated carbocycles. The van der Waals surface area contributed by atoms with Crippen molar-refractivity contribution in [1.29, 1.82) is 0 Å². The summed E-state index contributed by atoms with van der Waals surface area (Å²) < 4.78 is 32.2. The molecule has 2 saturated heterocycles. The van der Waals surface area contributed by atoms with E-state index in [0.717, 1.165) is 31.2 Å². The van der Waals surface area contributed by atoms with E-state index in [4.69, 9.17) is 4.74 Å². The first-order valence-electron chi connectivity index (χ1n) is 9.30. The van der Waals surface area contributed by atoms with Crippen LogP contribution in [0.2, 0.25) is 0 Å².